The first-order valence-corrected chi connectivity index (χ1v) is 12.6. The van der Waals surface area contributed by atoms with Crippen molar-refractivity contribution >= 4 is 21.6 Å². The number of methoxy groups -OCH3 is 1. The molecule has 0 radical (unpaired) electrons. The van der Waals surface area contributed by atoms with Crippen molar-refractivity contribution in [2.45, 2.75) is 44.6 Å². The first kappa shape index (κ1) is 25.1. The average molecular weight is 478 g/mol. The number of aryl methyl sites for hydroxylation is 1. The Morgan fingerprint density at radius 2 is 1.88 bits per heavy atom. The lowest BCUT2D eigenvalue weighted by Gasteiger charge is -2.26. The molecular formula is C24H32FN3O4S. The molecule has 0 aromatic heterocycles. The van der Waals surface area contributed by atoms with E-state index in [1.54, 1.807) is 24.3 Å². The molecule has 1 aliphatic rings. The summed E-state index contributed by atoms with van der Waals surface area (Å²) in [6.07, 6.45) is 2.76. The van der Waals surface area contributed by atoms with Crippen molar-refractivity contribution in [3.8, 4) is 5.75 Å². The van der Waals surface area contributed by atoms with Crippen LogP contribution in [0.5, 0.6) is 5.75 Å². The third-order valence-corrected chi connectivity index (χ3v) is 7.77. The van der Waals surface area contributed by atoms with Crippen LogP contribution in [0, 0.1) is 12.7 Å². The van der Waals surface area contributed by atoms with Crippen LogP contribution in [-0.4, -0.2) is 56.8 Å². The van der Waals surface area contributed by atoms with E-state index in [4.69, 9.17) is 4.74 Å². The summed E-state index contributed by atoms with van der Waals surface area (Å²) in [5.74, 6) is -0.534. The number of benzene rings is 2. The predicted molar refractivity (Wildman–Crippen MR) is 126 cm³/mol. The van der Waals surface area contributed by atoms with Crippen molar-refractivity contribution in [1.29, 1.82) is 0 Å². The summed E-state index contributed by atoms with van der Waals surface area (Å²) in [5.41, 5.74) is 1.99. The Morgan fingerprint density at radius 1 is 1.15 bits per heavy atom. The van der Waals surface area contributed by atoms with E-state index in [9.17, 15) is 17.6 Å². The number of anilines is 1. The molecule has 2 aromatic carbocycles. The molecule has 0 unspecified atom stereocenters. The fourth-order valence-electron chi connectivity index (χ4n) is 3.89. The van der Waals surface area contributed by atoms with Crippen molar-refractivity contribution in [3.05, 3.63) is 53.3 Å². The summed E-state index contributed by atoms with van der Waals surface area (Å²) in [6, 6.07) is 9.57. The molecule has 2 aromatic rings. The topological polar surface area (TPSA) is 79.0 Å². The number of hydrogen-bond donors (Lipinski definition) is 1. The van der Waals surface area contributed by atoms with Crippen molar-refractivity contribution in [2.75, 3.05) is 38.6 Å². The van der Waals surface area contributed by atoms with Gasteiger partial charge in [0.05, 0.1) is 18.6 Å². The number of halogens is 1. The molecule has 33 heavy (non-hydrogen) atoms. The summed E-state index contributed by atoms with van der Waals surface area (Å²) >= 11 is 0. The Kier molecular flexibility index (Phi) is 8.45. The summed E-state index contributed by atoms with van der Waals surface area (Å²) in [5, 5.41) is 2.85. The van der Waals surface area contributed by atoms with Gasteiger partial charge in [0.2, 0.25) is 15.9 Å². The highest BCUT2D eigenvalue weighted by atomic mass is 32.2. The molecule has 180 valence electrons. The van der Waals surface area contributed by atoms with E-state index in [1.165, 1.54) is 23.5 Å². The summed E-state index contributed by atoms with van der Waals surface area (Å²) < 4.78 is 46.5. The van der Waals surface area contributed by atoms with E-state index >= 15 is 0 Å². The van der Waals surface area contributed by atoms with Gasteiger partial charge in [-0.1, -0.05) is 25.5 Å². The van der Waals surface area contributed by atoms with E-state index < -0.39 is 15.8 Å². The molecule has 0 spiro atoms. The second kappa shape index (κ2) is 11.1. The van der Waals surface area contributed by atoms with Gasteiger partial charge in [-0.3, -0.25) is 9.69 Å². The number of likely N-dealkylation sites (N-methyl/N-ethyl adjacent to an activating group) is 1. The smallest absolute Gasteiger partial charge is 0.243 e. The lowest BCUT2D eigenvalue weighted by molar-refractivity contribution is -0.117. The van der Waals surface area contributed by atoms with Gasteiger partial charge in [0.15, 0.2) is 11.6 Å². The Labute approximate surface area is 195 Å². The zero-order chi connectivity index (χ0) is 24.0. The molecule has 7 nitrogen and oxygen atoms in total. The monoisotopic (exact) mass is 477 g/mol. The lowest BCUT2D eigenvalue weighted by Crippen LogP contribution is -2.35. The molecule has 1 heterocycles. The second-order valence-electron chi connectivity index (χ2n) is 8.26. The number of carbonyl (C=O) groups is 1. The van der Waals surface area contributed by atoms with Crippen LogP contribution in [-0.2, 0) is 21.4 Å². The fourth-order valence-corrected chi connectivity index (χ4v) is 5.43. The maximum Gasteiger partial charge on any atom is 0.243 e. The minimum atomic E-state index is -3.59. The zero-order valence-electron chi connectivity index (χ0n) is 19.4. The van der Waals surface area contributed by atoms with E-state index in [0.717, 1.165) is 30.4 Å². The number of nitrogens with one attached hydrogen (secondary N) is 1. The van der Waals surface area contributed by atoms with Crippen LogP contribution in [0.15, 0.2) is 41.3 Å². The van der Waals surface area contributed by atoms with Crippen molar-refractivity contribution in [3.63, 3.8) is 0 Å². The van der Waals surface area contributed by atoms with E-state index in [1.807, 2.05) is 18.7 Å². The van der Waals surface area contributed by atoms with Gasteiger partial charge in [0.25, 0.3) is 0 Å². The van der Waals surface area contributed by atoms with Gasteiger partial charge in [-0.05, 0) is 61.7 Å². The molecule has 0 saturated carbocycles. The van der Waals surface area contributed by atoms with Crippen LogP contribution in [0.1, 0.15) is 37.3 Å². The lowest BCUT2D eigenvalue weighted by atomic mass is 10.2. The molecule has 0 atom stereocenters. The molecule has 0 bridgehead atoms. The first-order chi connectivity index (χ1) is 15.7. The van der Waals surface area contributed by atoms with Crippen molar-refractivity contribution < 1.29 is 22.3 Å². The van der Waals surface area contributed by atoms with Gasteiger partial charge in [0.1, 0.15) is 0 Å². The van der Waals surface area contributed by atoms with Crippen molar-refractivity contribution in [1.82, 2.24) is 9.21 Å². The number of sulfonamides is 1. The zero-order valence-corrected chi connectivity index (χ0v) is 20.3. The minimum absolute atomic E-state index is 0.0900. The summed E-state index contributed by atoms with van der Waals surface area (Å²) in [6.45, 7) is 5.86. The number of piperidine rings is 1. The van der Waals surface area contributed by atoms with Crippen LogP contribution in [0.2, 0.25) is 0 Å². The van der Waals surface area contributed by atoms with Gasteiger partial charge in [-0.25, -0.2) is 12.8 Å². The highest BCUT2D eigenvalue weighted by Gasteiger charge is 2.26. The maximum atomic E-state index is 14.0. The van der Waals surface area contributed by atoms with Crippen LogP contribution in [0.3, 0.4) is 0 Å². The largest absolute Gasteiger partial charge is 0.494 e. The standard InChI is InChI=1S/C24H32FN3O4S/c1-4-27(16-19-9-11-23(32-3)21(25)14-19)17-24(29)26-22-15-20(10-8-18(22)2)33(30,31)28-12-6-5-7-13-28/h8-11,14-15H,4-7,12-13,16-17H2,1-3H3,(H,26,29). The van der Waals surface area contributed by atoms with Crippen LogP contribution >= 0.6 is 0 Å². The summed E-state index contributed by atoms with van der Waals surface area (Å²) in [4.78, 5) is 14.8. The molecule has 1 amide bonds. The van der Waals surface area contributed by atoms with Crippen LogP contribution in [0.25, 0.3) is 0 Å². The number of nitrogens with zero attached hydrogens (tertiary/aromatic N) is 2. The highest BCUT2D eigenvalue weighted by Crippen LogP contribution is 2.25. The quantitative estimate of drug-likeness (QED) is 0.595. The molecule has 1 aliphatic heterocycles. The average Bonchev–Trinajstić information content (AvgIpc) is 2.80. The minimum Gasteiger partial charge on any atom is -0.494 e. The number of hydrogen-bond acceptors (Lipinski definition) is 5. The Hall–Kier alpha value is -2.49. The predicted octanol–water partition coefficient (Wildman–Crippen LogP) is 3.78. The summed E-state index contributed by atoms with van der Waals surface area (Å²) in [7, 11) is -2.18. The van der Waals surface area contributed by atoms with Crippen molar-refractivity contribution in [2.24, 2.45) is 0 Å². The number of rotatable bonds is 9. The number of carbonyl (C=O) groups excluding carboxylic acids is 1. The second-order valence-corrected chi connectivity index (χ2v) is 10.2. The number of amides is 1. The van der Waals surface area contributed by atoms with Crippen LogP contribution < -0.4 is 10.1 Å². The van der Waals surface area contributed by atoms with E-state index in [2.05, 4.69) is 5.32 Å². The molecule has 0 aliphatic carbocycles. The molecular weight excluding hydrogens is 445 g/mol. The fraction of sp³-hybridized carbons (Fsp3) is 0.458. The Bertz CT molecular complexity index is 1090. The highest BCUT2D eigenvalue weighted by molar-refractivity contribution is 7.89. The molecule has 3 rings (SSSR count). The van der Waals surface area contributed by atoms with Gasteiger partial charge < -0.3 is 10.1 Å². The van der Waals surface area contributed by atoms with Crippen LogP contribution in [0.4, 0.5) is 10.1 Å². The third-order valence-electron chi connectivity index (χ3n) is 5.87. The maximum absolute atomic E-state index is 14.0. The normalized spacial score (nSPS) is 14.9. The van der Waals surface area contributed by atoms with Gasteiger partial charge in [0, 0.05) is 25.3 Å². The third kappa shape index (κ3) is 6.31. The SMILES string of the molecule is CCN(CC(=O)Nc1cc(S(=O)(=O)N2CCCCC2)ccc1C)Cc1ccc(OC)c(F)c1. The van der Waals surface area contributed by atoms with E-state index in [-0.39, 0.29) is 23.1 Å². The van der Waals surface area contributed by atoms with Gasteiger partial charge >= 0.3 is 0 Å². The molecule has 9 heteroatoms. The number of ether oxygens (including phenoxy) is 1. The molecule has 1 N–H and O–H groups in total. The molecule has 1 fully saturated rings. The van der Waals surface area contributed by atoms with E-state index in [0.29, 0.717) is 31.9 Å². The van der Waals surface area contributed by atoms with Gasteiger partial charge in [-0.2, -0.15) is 4.31 Å². The van der Waals surface area contributed by atoms with Gasteiger partial charge in [-0.15, -0.1) is 0 Å². The Balaban J connectivity index is 1.68. The Morgan fingerprint density at radius 3 is 2.52 bits per heavy atom. The first-order valence-electron chi connectivity index (χ1n) is 11.2. The molecule has 1 saturated heterocycles.